The average molecular weight is 446 g/mol. The molecule has 0 radical (unpaired) electrons. The molecule has 0 saturated carbocycles. The Morgan fingerprint density at radius 2 is 1.68 bits per heavy atom. The first-order valence-corrected chi connectivity index (χ1v) is 11.9. The van der Waals surface area contributed by atoms with Gasteiger partial charge < -0.3 is 10.2 Å². The summed E-state index contributed by atoms with van der Waals surface area (Å²) >= 11 is 0. The fourth-order valence-electron chi connectivity index (χ4n) is 3.38. The minimum Gasteiger partial charge on any atom is -0.357 e. The molecule has 168 valence electrons. The molecule has 0 aliphatic heterocycles. The van der Waals surface area contributed by atoms with Crippen LogP contribution in [0.1, 0.15) is 29.2 Å². The average Bonchev–Trinajstić information content (AvgIpc) is 2.70. The second-order valence-electron chi connectivity index (χ2n) is 7.86. The minimum atomic E-state index is -3.73. The standard InChI is InChI=1S/C23H31N3O4S/c1-16-8-7-9-20(12-16)14-25(19(4)23(28)24-5)22(27)15-26(31(6,29)30)21-13-17(2)10-11-18(21)3/h7-13,19H,14-15H2,1-6H3,(H,24,28)/t19-/m1/s1. The molecule has 31 heavy (non-hydrogen) atoms. The van der Waals surface area contributed by atoms with E-state index in [9.17, 15) is 18.0 Å². The molecule has 0 aromatic heterocycles. The van der Waals surface area contributed by atoms with E-state index in [-0.39, 0.29) is 12.5 Å². The highest BCUT2D eigenvalue weighted by atomic mass is 32.2. The van der Waals surface area contributed by atoms with Crippen LogP contribution >= 0.6 is 0 Å². The number of carbonyl (C=O) groups is 2. The maximum Gasteiger partial charge on any atom is 0.244 e. The fraction of sp³-hybridized carbons (Fsp3) is 0.391. The van der Waals surface area contributed by atoms with E-state index in [4.69, 9.17) is 0 Å². The van der Waals surface area contributed by atoms with E-state index in [1.54, 1.807) is 19.9 Å². The summed E-state index contributed by atoms with van der Waals surface area (Å²) in [4.78, 5) is 27.1. The summed E-state index contributed by atoms with van der Waals surface area (Å²) in [6.07, 6.45) is 1.08. The number of hydrogen-bond acceptors (Lipinski definition) is 4. The fourth-order valence-corrected chi connectivity index (χ4v) is 4.28. The van der Waals surface area contributed by atoms with Crippen molar-refractivity contribution < 1.29 is 18.0 Å². The van der Waals surface area contributed by atoms with Crippen molar-refractivity contribution >= 4 is 27.5 Å². The molecule has 0 saturated heterocycles. The largest absolute Gasteiger partial charge is 0.357 e. The molecule has 1 atom stereocenters. The number of amides is 2. The lowest BCUT2D eigenvalue weighted by atomic mass is 10.1. The van der Waals surface area contributed by atoms with Crippen molar-refractivity contribution in [1.29, 1.82) is 0 Å². The summed E-state index contributed by atoms with van der Waals surface area (Å²) in [5, 5.41) is 2.56. The van der Waals surface area contributed by atoms with Gasteiger partial charge in [-0.05, 0) is 50.5 Å². The van der Waals surface area contributed by atoms with E-state index in [1.165, 1.54) is 11.9 Å². The topological polar surface area (TPSA) is 86.8 Å². The Morgan fingerprint density at radius 1 is 1.03 bits per heavy atom. The van der Waals surface area contributed by atoms with Gasteiger partial charge in [-0.3, -0.25) is 13.9 Å². The number of anilines is 1. The van der Waals surface area contributed by atoms with Gasteiger partial charge >= 0.3 is 0 Å². The molecule has 2 amide bonds. The third-order valence-corrected chi connectivity index (χ3v) is 6.29. The van der Waals surface area contributed by atoms with Crippen LogP contribution in [0, 0.1) is 20.8 Å². The quantitative estimate of drug-likeness (QED) is 0.677. The summed E-state index contributed by atoms with van der Waals surface area (Å²) in [6.45, 7) is 7.05. The molecule has 7 nitrogen and oxygen atoms in total. The van der Waals surface area contributed by atoms with E-state index < -0.39 is 28.5 Å². The van der Waals surface area contributed by atoms with Crippen LogP contribution in [0.2, 0.25) is 0 Å². The van der Waals surface area contributed by atoms with Crippen LogP contribution in [0.25, 0.3) is 0 Å². The maximum absolute atomic E-state index is 13.4. The van der Waals surface area contributed by atoms with Crippen LogP contribution in [0.3, 0.4) is 0 Å². The summed E-state index contributed by atoms with van der Waals surface area (Å²) in [7, 11) is -2.22. The number of nitrogens with one attached hydrogen (secondary N) is 1. The molecule has 0 heterocycles. The van der Waals surface area contributed by atoms with Crippen LogP contribution in [-0.4, -0.2) is 51.0 Å². The molecule has 0 spiro atoms. The smallest absolute Gasteiger partial charge is 0.244 e. The number of sulfonamides is 1. The monoisotopic (exact) mass is 445 g/mol. The lowest BCUT2D eigenvalue weighted by Crippen LogP contribution is -2.50. The maximum atomic E-state index is 13.4. The third kappa shape index (κ3) is 6.30. The van der Waals surface area contributed by atoms with Gasteiger partial charge in [0, 0.05) is 13.6 Å². The highest BCUT2D eigenvalue weighted by Gasteiger charge is 2.30. The van der Waals surface area contributed by atoms with Gasteiger partial charge in [-0.25, -0.2) is 8.42 Å². The highest BCUT2D eigenvalue weighted by Crippen LogP contribution is 2.24. The predicted molar refractivity (Wildman–Crippen MR) is 123 cm³/mol. The van der Waals surface area contributed by atoms with Crippen LogP contribution in [0.4, 0.5) is 5.69 Å². The Morgan fingerprint density at radius 3 is 2.26 bits per heavy atom. The number of likely N-dealkylation sites (N-methyl/N-ethyl adjacent to an activating group) is 1. The molecular formula is C23H31N3O4S. The number of aryl methyl sites for hydroxylation is 3. The molecule has 0 aliphatic carbocycles. The van der Waals surface area contributed by atoms with Gasteiger partial charge in [-0.2, -0.15) is 0 Å². The van der Waals surface area contributed by atoms with Crippen molar-refractivity contribution in [1.82, 2.24) is 10.2 Å². The van der Waals surface area contributed by atoms with Crippen molar-refractivity contribution in [2.45, 2.75) is 40.3 Å². The SMILES string of the molecule is CNC(=O)[C@@H](C)N(Cc1cccc(C)c1)C(=O)CN(c1cc(C)ccc1C)S(C)(=O)=O. The lowest BCUT2D eigenvalue weighted by molar-refractivity contribution is -0.139. The third-order valence-electron chi connectivity index (χ3n) is 5.16. The second-order valence-corrected chi connectivity index (χ2v) is 9.77. The van der Waals surface area contributed by atoms with Gasteiger partial charge in [-0.1, -0.05) is 42.0 Å². The minimum absolute atomic E-state index is 0.194. The van der Waals surface area contributed by atoms with Crippen molar-refractivity contribution in [2.24, 2.45) is 0 Å². The molecule has 2 aromatic rings. The second kappa shape index (κ2) is 9.96. The molecule has 2 aromatic carbocycles. The Kier molecular flexibility index (Phi) is 7.84. The van der Waals surface area contributed by atoms with Crippen molar-refractivity contribution in [3.8, 4) is 0 Å². The highest BCUT2D eigenvalue weighted by molar-refractivity contribution is 7.92. The van der Waals surface area contributed by atoms with Crippen molar-refractivity contribution in [2.75, 3.05) is 24.2 Å². The van der Waals surface area contributed by atoms with E-state index >= 15 is 0 Å². The molecule has 0 bridgehead atoms. The zero-order valence-electron chi connectivity index (χ0n) is 19.0. The van der Waals surface area contributed by atoms with Gasteiger partial charge in [0.2, 0.25) is 21.8 Å². The number of rotatable bonds is 8. The molecule has 8 heteroatoms. The van der Waals surface area contributed by atoms with Crippen LogP contribution in [0.15, 0.2) is 42.5 Å². The Labute approximate surface area is 185 Å². The number of nitrogens with zero attached hydrogens (tertiary/aromatic N) is 2. The normalized spacial score (nSPS) is 12.2. The lowest BCUT2D eigenvalue weighted by Gasteiger charge is -2.31. The molecule has 0 unspecified atom stereocenters. The van der Waals surface area contributed by atoms with Gasteiger partial charge in [-0.15, -0.1) is 0 Å². The molecular weight excluding hydrogens is 414 g/mol. The summed E-state index contributed by atoms with van der Waals surface area (Å²) in [5.41, 5.74) is 3.98. The van der Waals surface area contributed by atoms with Crippen LogP contribution < -0.4 is 9.62 Å². The summed E-state index contributed by atoms with van der Waals surface area (Å²) in [6, 6.07) is 12.3. The number of hydrogen-bond donors (Lipinski definition) is 1. The van der Waals surface area contributed by atoms with E-state index in [2.05, 4.69) is 5.32 Å². The zero-order chi connectivity index (χ0) is 23.3. The Bertz CT molecular complexity index is 1070. The van der Waals surface area contributed by atoms with Gasteiger partial charge in [0.15, 0.2) is 0 Å². The number of benzene rings is 2. The summed E-state index contributed by atoms with van der Waals surface area (Å²) < 4.78 is 26.3. The first kappa shape index (κ1) is 24.4. The van der Waals surface area contributed by atoms with E-state index in [1.807, 2.05) is 50.2 Å². The van der Waals surface area contributed by atoms with E-state index in [0.29, 0.717) is 5.69 Å². The van der Waals surface area contributed by atoms with Crippen molar-refractivity contribution in [3.63, 3.8) is 0 Å². The summed E-state index contributed by atoms with van der Waals surface area (Å²) in [5.74, 6) is -0.775. The Balaban J connectivity index is 2.43. The van der Waals surface area contributed by atoms with Gasteiger partial charge in [0.1, 0.15) is 12.6 Å². The molecule has 0 fully saturated rings. The van der Waals surface area contributed by atoms with Crippen LogP contribution in [-0.2, 0) is 26.2 Å². The number of carbonyl (C=O) groups excluding carboxylic acids is 2. The van der Waals surface area contributed by atoms with Crippen LogP contribution in [0.5, 0.6) is 0 Å². The molecule has 0 aliphatic rings. The Hall–Kier alpha value is -2.87. The molecule has 2 rings (SSSR count). The van der Waals surface area contributed by atoms with Gasteiger partial charge in [0.25, 0.3) is 0 Å². The van der Waals surface area contributed by atoms with E-state index in [0.717, 1.165) is 32.8 Å². The first-order valence-electron chi connectivity index (χ1n) is 10.1. The molecule has 1 N–H and O–H groups in total. The van der Waals surface area contributed by atoms with Gasteiger partial charge in [0.05, 0.1) is 11.9 Å². The first-order chi connectivity index (χ1) is 14.4. The predicted octanol–water partition coefficient (Wildman–Crippen LogP) is 2.54. The zero-order valence-corrected chi connectivity index (χ0v) is 19.8. The van der Waals surface area contributed by atoms with Crippen molar-refractivity contribution in [3.05, 3.63) is 64.7 Å².